The van der Waals surface area contributed by atoms with Crippen LogP contribution in [0.1, 0.15) is 6.42 Å². The molecule has 3 heteroatoms. The number of halogens is 2. The Balaban J connectivity index is 2.66. The molecule has 0 nitrogen and oxygen atoms in total. The van der Waals surface area contributed by atoms with Crippen molar-refractivity contribution in [3.63, 3.8) is 0 Å². The van der Waals surface area contributed by atoms with E-state index in [0.29, 0.717) is 0 Å². The van der Waals surface area contributed by atoms with Gasteiger partial charge in [-0.3, -0.25) is 0 Å². The molecule has 0 heterocycles. The van der Waals surface area contributed by atoms with E-state index >= 15 is 0 Å². The SMILES string of the molecule is [CH3][Ru]([I])([I])[C]1=CC=CC1. The first kappa shape index (κ1) is 8.66. The summed E-state index contributed by atoms with van der Waals surface area (Å²) in [6.07, 6.45) is 7.91. The second-order valence-electron chi connectivity index (χ2n) is 1.86. The summed E-state index contributed by atoms with van der Waals surface area (Å²) in [7, 11) is -1.28. The van der Waals surface area contributed by atoms with Crippen molar-refractivity contribution < 1.29 is 7.75 Å². The summed E-state index contributed by atoms with van der Waals surface area (Å²) in [5.74, 6) is 0. The Kier molecular flexibility index (Phi) is 3.18. The van der Waals surface area contributed by atoms with E-state index in [1.807, 2.05) is 0 Å². The van der Waals surface area contributed by atoms with Gasteiger partial charge in [-0.1, -0.05) is 0 Å². The van der Waals surface area contributed by atoms with E-state index in [1.54, 1.807) is 4.17 Å². The molecule has 0 saturated carbocycles. The number of rotatable bonds is 1. The summed E-state index contributed by atoms with van der Waals surface area (Å²) in [6, 6.07) is 0. The first-order valence-corrected chi connectivity index (χ1v) is 15.5. The number of hydrogen-bond donors (Lipinski definition) is 0. The average Bonchev–Trinajstić information content (AvgIpc) is 2.08. The van der Waals surface area contributed by atoms with Crippen LogP contribution in [-0.4, -0.2) is 0 Å². The van der Waals surface area contributed by atoms with Gasteiger partial charge in [-0.15, -0.1) is 0 Å². The maximum atomic E-state index is 2.63. The van der Waals surface area contributed by atoms with Crippen LogP contribution < -0.4 is 0 Å². The first-order valence-electron chi connectivity index (χ1n) is 2.51. The molecule has 0 saturated heterocycles. The number of allylic oxidation sites excluding steroid dienone is 4. The third-order valence-corrected chi connectivity index (χ3v) is 9.52. The van der Waals surface area contributed by atoms with Gasteiger partial charge in [0.2, 0.25) is 0 Å². The van der Waals surface area contributed by atoms with Crippen molar-refractivity contribution in [3.8, 4) is 0 Å². The molecule has 1 rings (SSSR count). The van der Waals surface area contributed by atoms with Crippen LogP contribution >= 0.6 is 39.5 Å². The molecule has 0 aromatic carbocycles. The second kappa shape index (κ2) is 3.31. The van der Waals surface area contributed by atoms with Gasteiger partial charge in [0.25, 0.3) is 0 Å². The molecule has 0 spiro atoms. The fourth-order valence-corrected chi connectivity index (χ4v) is 5.50. The van der Waals surface area contributed by atoms with Crippen molar-refractivity contribution in [3.05, 3.63) is 22.4 Å². The fraction of sp³-hybridized carbons (Fsp3) is 0.333. The van der Waals surface area contributed by atoms with E-state index in [9.17, 15) is 0 Å². The van der Waals surface area contributed by atoms with Crippen LogP contribution in [0.2, 0.25) is 5.52 Å². The standard InChI is InChI=1S/C5H5.CH3.2HI.Ru/c1-2-4-5-3-1;;;;/h1-3H,4H2;1H3;2*1H;/q;;;;+2/p-2. The molecular weight excluding hydrogens is 427 g/mol. The van der Waals surface area contributed by atoms with E-state index in [-0.39, 0.29) is 0 Å². The normalized spacial score (nSPS) is 20.1. The van der Waals surface area contributed by atoms with Gasteiger partial charge in [-0.05, 0) is 0 Å². The summed E-state index contributed by atoms with van der Waals surface area (Å²) in [4.78, 5) is 0. The summed E-state index contributed by atoms with van der Waals surface area (Å²) in [5, 5.41) is 0. The Hall–Kier alpha value is 1.56. The van der Waals surface area contributed by atoms with Crippen molar-refractivity contribution in [2.45, 2.75) is 11.9 Å². The molecule has 0 aromatic rings. The van der Waals surface area contributed by atoms with Crippen molar-refractivity contribution in [1.82, 2.24) is 0 Å². The van der Waals surface area contributed by atoms with Gasteiger partial charge in [0, 0.05) is 0 Å². The topological polar surface area (TPSA) is 0 Å². The van der Waals surface area contributed by atoms with Gasteiger partial charge in [-0.2, -0.15) is 0 Å². The van der Waals surface area contributed by atoms with Gasteiger partial charge in [0.1, 0.15) is 0 Å². The molecule has 0 fully saturated rings. The Bertz CT molecular complexity index is 164. The molecule has 0 radical (unpaired) electrons. The molecule has 0 aliphatic heterocycles. The van der Waals surface area contributed by atoms with Crippen LogP contribution in [0, 0.1) is 0 Å². The van der Waals surface area contributed by atoms with Crippen LogP contribution in [0.4, 0.5) is 0 Å². The Morgan fingerprint density at radius 3 is 2.44 bits per heavy atom. The zero-order valence-corrected chi connectivity index (χ0v) is 11.1. The van der Waals surface area contributed by atoms with E-state index in [0.717, 1.165) is 0 Å². The zero-order valence-electron chi connectivity index (χ0n) is 5.05. The molecule has 54 valence electrons. The van der Waals surface area contributed by atoms with E-state index in [1.165, 1.54) is 6.42 Å². The summed E-state index contributed by atoms with van der Waals surface area (Å²) >= 11 is 5.25. The molecule has 0 atom stereocenters. The molecular formula is C6H8I2Ru. The van der Waals surface area contributed by atoms with Gasteiger partial charge in [0.15, 0.2) is 0 Å². The molecule has 1 aliphatic rings. The molecule has 0 bridgehead atoms. The van der Waals surface area contributed by atoms with Crippen molar-refractivity contribution in [2.75, 3.05) is 0 Å². The Morgan fingerprint density at radius 2 is 2.22 bits per heavy atom. The second-order valence-corrected chi connectivity index (χ2v) is 32.7. The van der Waals surface area contributed by atoms with Crippen LogP contribution in [-0.2, 0) is 7.75 Å². The van der Waals surface area contributed by atoms with Crippen LogP contribution in [0.3, 0.4) is 0 Å². The minimum atomic E-state index is -1.28. The quantitative estimate of drug-likeness (QED) is 0.435. The third kappa shape index (κ3) is 2.58. The monoisotopic (exact) mass is 436 g/mol. The Morgan fingerprint density at radius 1 is 1.56 bits per heavy atom. The summed E-state index contributed by atoms with van der Waals surface area (Å²) in [5.41, 5.74) is 2.40. The van der Waals surface area contributed by atoms with Gasteiger partial charge < -0.3 is 0 Å². The van der Waals surface area contributed by atoms with Gasteiger partial charge >= 0.3 is 81.6 Å². The zero-order chi connectivity index (χ0) is 6.91. The summed E-state index contributed by atoms with van der Waals surface area (Å²) in [6.45, 7) is 0. The van der Waals surface area contributed by atoms with E-state index in [4.69, 9.17) is 0 Å². The predicted molar refractivity (Wildman–Crippen MR) is 55.7 cm³/mol. The molecule has 0 unspecified atom stereocenters. The minimum absolute atomic E-state index is 1.22. The van der Waals surface area contributed by atoms with Crippen molar-refractivity contribution in [2.24, 2.45) is 0 Å². The predicted octanol–water partition coefficient (Wildman–Crippen LogP) is 3.73. The van der Waals surface area contributed by atoms with Crippen molar-refractivity contribution in [1.29, 1.82) is 0 Å². The maximum absolute atomic E-state index is 2.63. The summed E-state index contributed by atoms with van der Waals surface area (Å²) < 4.78 is 1.69. The van der Waals surface area contributed by atoms with Gasteiger partial charge in [-0.25, -0.2) is 0 Å². The number of hydrogen-bond acceptors (Lipinski definition) is 0. The van der Waals surface area contributed by atoms with Gasteiger partial charge in [0.05, 0.1) is 0 Å². The molecule has 1 aliphatic carbocycles. The molecule has 0 aromatic heterocycles. The van der Waals surface area contributed by atoms with Crippen molar-refractivity contribution >= 4 is 39.5 Å². The van der Waals surface area contributed by atoms with E-state index in [2.05, 4.69) is 63.2 Å². The average molecular weight is 435 g/mol. The fourth-order valence-electron chi connectivity index (χ4n) is 0.646. The van der Waals surface area contributed by atoms with Crippen LogP contribution in [0.15, 0.2) is 22.4 Å². The molecule has 9 heavy (non-hydrogen) atoms. The molecule has 0 amide bonds. The Labute approximate surface area is 80.4 Å². The molecule has 0 N–H and O–H groups in total. The van der Waals surface area contributed by atoms with Crippen LogP contribution in [0.5, 0.6) is 0 Å². The third-order valence-electron chi connectivity index (χ3n) is 1.12. The first-order chi connectivity index (χ1) is 4.11. The van der Waals surface area contributed by atoms with E-state index < -0.39 is 7.75 Å². The van der Waals surface area contributed by atoms with Crippen LogP contribution in [0.25, 0.3) is 0 Å².